The smallest absolute Gasteiger partial charge is 0.268 e. The molecule has 3 nitrogen and oxygen atoms in total. The Balaban J connectivity index is 2.43. The molecule has 18 heavy (non-hydrogen) atoms. The second-order valence-electron chi connectivity index (χ2n) is 3.94. The fraction of sp³-hybridized carbons (Fsp3) is 0.0769. The van der Waals surface area contributed by atoms with Crippen molar-refractivity contribution in [1.29, 1.82) is 0 Å². The monoisotopic (exact) mass is 276 g/mol. The van der Waals surface area contributed by atoms with Crippen LogP contribution in [-0.4, -0.2) is 9.38 Å². The lowest BCUT2D eigenvalue weighted by Crippen LogP contribution is -2.17. The molecule has 3 aromatic rings. The molecule has 0 aliphatic carbocycles. The molecule has 0 unspecified atom stereocenters. The van der Waals surface area contributed by atoms with Gasteiger partial charge in [-0.3, -0.25) is 9.20 Å². The highest BCUT2D eigenvalue weighted by atomic mass is 35.5. The van der Waals surface area contributed by atoms with Crippen LogP contribution in [-0.2, 0) is 0 Å². The van der Waals surface area contributed by atoms with Gasteiger partial charge in [-0.1, -0.05) is 41.9 Å². The first-order valence-corrected chi connectivity index (χ1v) is 6.66. The Morgan fingerprint density at radius 1 is 1.28 bits per heavy atom. The summed E-state index contributed by atoms with van der Waals surface area (Å²) in [5.74, 6) is 0. The highest BCUT2D eigenvalue weighted by Crippen LogP contribution is 2.24. The van der Waals surface area contributed by atoms with Gasteiger partial charge in [-0.15, -0.1) is 11.3 Å². The summed E-state index contributed by atoms with van der Waals surface area (Å²) in [6.45, 7) is 1.88. The Hall–Kier alpha value is -1.65. The summed E-state index contributed by atoms with van der Waals surface area (Å²) >= 11 is 7.55. The average molecular weight is 277 g/mol. The topological polar surface area (TPSA) is 34.4 Å². The van der Waals surface area contributed by atoms with Crippen LogP contribution in [0.2, 0.25) is 5.15 Å². The van der Waals surface area contributed by atoms with Crippen molar-refractivity contribution in [2.75, 3.05) is 0 Å². The maximum atomic E-state index is 12.5. The molecule has 0 bridgehead atoms. The Morgan fingerprint density at radius 2 is 2.00 bits per heavy atom. The molecule has 0 amide bonds. The Bertz CT molecular complexity index is 777. The van der Waals surface area contributed by atoms with Gasteiger partial charge in [-0.05, 0) is 12.5 Å². The van der Waals surface area contributed by atoms with E-state index in [1.165, 1.54) is 11.3 Å². The molecule has 2 aromatic heterocycles. The lowest BCUT2D eigenvalue weighted by atomic mass is 10.1. The van der Waals surface area contributed by atoms with E-state index in [9.17, 15) is 4.79 Å². The Morgan fingerprint density at radius 3 is 2.72 bits per heavy atom. The molecule has 0 spiro atoms. The van der Waals surface area contributed by atoms with Gasteiger partial charge >= 0.3 is 0 Å². The first-order valence-electron chi connectivity index (χ1n) is 5.40. The minimum Gasteiger partial charge on any atom is -0.268 e. The van der Waals surface area contributed by atoms with Crippen LogP contribution in [0.3, 0.4) is 0 Å². The number of halogens is 1. The number of aryl methyl sites for hydroxylation is 1. The standard InChI is InChI=1S/C13H9ClN2OS/c1-8-7-18-13-15-11(14)10(12(17)16(8)13)9-5-3-2-4-6-9/h2-7H,1H3. The highest BCUT2D eigenvalue weighted by molar-refractivity contribution is 7.15. The summed E-state index contributed by atoms with van der Waals surface area (Å²) in [7, 11) is 0. The van der Waals surface area contributed by atoms with E-state index in [2.05, 4.69) is 4.98 Å². The molecule has 0 aliphatic rings. The zero-order chi connectivity index (χ0) is 12.7. The zero-order valence-corrected chi connectivity index (χ0v) is 11.1. The third kappa shape index (κ3) is 1.65. The number of hydrogen-bond acceptors (Lipinski definition) is 3. The third-order valence-corrected chi connectivity index (χ3v) is 3.98. The minimum atomic E-state index is -0.116. The third-order valence-electron chi connectivity index (χ3n) is 2.76. The van der Waals surface area contributed by atoms with Gasteiger partial charge in [-0.2, -0.15) is 0 Å². The van der Waals surface area contributed by atoms with Crippen LogP contribution in [0.15, 0.2) is 40.5 Å². The number of fused-ring (bicyclic) bond motifs is 1. The van der Waals surface area contributed by atoms with Gasteiger partial charge < -0.3 is 0 Å². The molecule has 0 radical (unpaired) electrons. The van der Waals surface area contributed by atoms with E-state index >= 15 is 0 Å². The number of rotatable bonds is 1. The van der Waals surface area contributed by atoms with Gasteiger partial charge in [0.25, 0.3) is 5.56 Å². The summed E-state index contributed by atoms with van der Waals surface area (Å²) in [6, 6.07) is 9.37. The van der Waals surface area contributed by atoms with Crippen LogP contribution in [0, 0.1) is 6.92 Å². The number of benzene rings is 1. The molecule has 1 aromatic carbocycles. The molecule has 0 fully saturated rings. The molecular weight excluding hydrogens is 268 g/mol. The van der Waals surface area contributed by atoms with Crippen molar-refractivity contribution >= 4 is 27.9 Å². The van der Waals surface area contributed by atoms with Crippen molar-refractivity contribution in [3.8, 4) is 11.1 Å². The van der Waals surface area contributed by atoms with E-state index in [-0.39, 0.29) is 10.7 Å². The quantitative estimate of drug-likeness (QED) is 0.639. The highest BCUT2D eigenvalue weighted by Gasteiger charge is 2.14. The molecule has 3 rings (SSSR count). The first-order chi connectivity index (χ1) is 8.68. The Labute approximate surface area is 112 Å². The Kier molecular flexibility index (Phi) is 2.69. The number of nitrogens with zero attached hydrogens (tertiary/aromatic N) is 2. The van der Waals surface area contributed by atoms with Crippen LogP contribution < -0.4 is 5.56 Å². The molecule has 0 N–H and O–H groups in total. The van der Waals surface area contributed by atoms with Crippen molar-refractivity contribution in [2.24, 2.45) is 0 Å². The summed E-state index contributed by atoms with van der Waals surface area (Å²) in [5.41, 5.74) is 2.01. The van der Waals surface area contributed by atoms with E-state index in [0.29, 0.717) is 10.5 Å². The van der Waals surface area contributed by atoms with Gasteiger partial charge in [0.2, 0.25) is 0 Å². The van der Waals surface area contributed by atoms with E-state index in [1.54, 1.807) is 4.40 Å². The molecule has 0 saturated carbocycles. The number of hydrogen-bond donors (Lipinski definition) is 0. The van der Waals surface area contributed by atoms with Crippen LogP contribution >= 0.6 is 22.9 Å². The van der Waals surface area contributed by atoms with Gasteiger partial charge in [0.05, 0.1) is 5.56 Å². The second kappa shape index (κ2) is 4.23. The van der Waals surface area contributed by atoms with E-state index in [4.69, 9.17) is 11.6 Å². The molecule has 0 atom stereocenters. The van der Waals surface area contributed by atoms with Crippen LogP contribution in [0.25, 0.3) is 16.1 Å². The van der Waals surface area contributed by atoms with Crippen LogP contribution in [0.5, 0.6) is 0 Å². The molecule has 90 valence electrons. The van der Waals surface area contributed by atoms with Gasteiger partial charge in [0, 0.05) is 11.1 Å². The fourth-order valence-electron chi connectivity index (χ4n) is 1.90. The largest absolute Gasteiger partial charge is 0.268 e. The molecule has 2 heterocycles. The van der Waals surface area contributed by atoms with Crippen molar-refractivity contribution in [2.45, 2.75) is 6.92 Å². The SMILES string of the molecule is Cc1csc2nc(Cl)c(-c3ccccc3)c(=O)n12. The van der Waals surface area contributed by atoms with E-state index in [0.717, 1.165) is 11.3 Å². The zero-order valence-electron chi connectivity index (χ0n) is 9.55. The van der Waals surface area contributed by atoms with Crippen molar-refractivity contribution in [3.05, 3.63) is 56.9 Å². The maximum Gasteiger partial charge on any atom is 0.268 e. The fourth-order valence-corrected chi connectivity index (χ4v) is 3.08. The van der Waals surface area contributed by atoms with Crippen molar-refractivity contribution < 1.29 is 0 Å². The minimum absolute atomic E-state index is 0.116. The predicted molar refractivity (Wildman–Crippen MR) is 74.5 cm³/mol. The van der Waals surface area contributed by atoms with Crippen molar-refractivity contribution in [3.63, 3.8) is 0 Å². The summed E-state index contributed by atoms with van der Waals surface area (Å²) < 4.78 is 1.60. The summed E-state index contributed by atoms with van der Waals surface area (Å²) in [4.78, 5) is 17.4. The normalized spacial score (nSPS) is 11.0. The lowest BCUT2D eigenvalue weighted by molar-refractivity contribution is 1.03. The van der Waals surface area contributed by atoms with Crippen LogP contribution in [0.4, 0.5) is 0 Å². The lowest BCUT2D eigenvalue weighted by Gasteiger charge is -2.04. The molecule has 0 saturated heterocycles. The number of thiazole rings is 1. The second-order valence-corrected chi connectivity index (χ2v) is 5.14. The number of aromatic nitrogens is 2. The summed E-state index contributed by atoms with van der Waals surface area (Å²) in [5, 5.41) is 2.16. The molecule has 5 heteroatoms. The molecular formula is C13H9ClN2OS. The van der Waals surface area contributed by atoms with Gasteiger partial charge in [0.15, 0.2) is 4.96 Å². The molecule has 0 aliphatic heterocycles. The van der Waals surface area contributed by atoms with Crippen molar-refractivity contribution in [1.82, 2.24) is 9.38 Å². The average Bonchev–Trinajstić information content (AvgIpc) is 2.72. The van der Waals surface area contributed by atoms with E-state index < -0.39 is 0 Å². The predicted octanol–water partition coefficient (Wildman–Crippen LogP) is 3.38. The van der Waals surface area contributed by atoms with E-state index in [1.807, 2.05) is 42.6 Å². The summed E-state index contributed by atoms with van der Waals surface area (Å²) in [6.07, 6.45) is 0. The van der Waals surface area contributed by atoms with Crippen LogP contribution in [0.1, 0.15) is 5.69 Å². The first kappa shape index (κ1) is 11.4. The van der Waals surface area contributed by atoms with Gasteiger partial charge in [0.1, 0.15) is 5.15 Å². The van der Waals surface area contributed by atoms with Gasteiger partial charge in [-0.25, -0.2) is 4.98 Å². The maximum absolute atomic E-state index is 12.5.